The van der Waals surface area contributed by atoms with Crippen LogP contribution >= 0.6 is 7.82 Å². The van der Waals surface area contributed by atoms with Gasteiger partial charge in [-0.25, -0.2) is 0 Å². The summed E-state index contributed by atoms with van der Waals surface area (Å²) >= 11 is 0. The van der Waals surface area contributed by atoms with E-state index >= 15 is 0 Å². The van der Waals surface area contributed by atoms with Gasteiger partial charge in [0, 0.05) is 12.8 Å². The van der Waals surface area contributed by atoms with Crippen LogP contribution in [0.4, 0.5) is 0 Å². The predicted octanol–water partition coefficient (Wildman–Crippen LogP) is 23.6. The van der Waals surface area contributed by atoms with Crippen molar-refractivity contribution >= 4 is 19.7 Å². The molecule has 1 amide bonds. The molecule has 0 aliphatic carbocycles. The van der Waals surface area contributed by atoms with Crippen molar-refractivity contribution in [1.29, 1.82) is 0 Å². The van der Waals surface area contributed by atoms with Crippen molar-refractivity contribution in [3.05, 3.63) is 97.2 Å². The highest BCUT2D eigenvalue weighted by atomic mass is 31.2. The minimum Gasteiger partial charge on any atom is -0.756 e. The predicted molar refractivity (Wildman–Crippen MR) is 385 cm³/mol. The van der Waals surface area contributed by atoms with Crippen molar-refractivity contribution in [3.8, 4) is 0 Å². The lowest BCUT2D eigenvalue weighted by Gasteiger charge is -2.30. The molecule has 89 heavy (non-hydrogen) atoms. The second-order valence-corrected chi connectivity index (χ2v) is 27.8. The van der Waals surface area contributed by atoms with Gasteiger partial charge < -0.3 is 28.5 Å². The molecule has 3 atom stereocenters. The van der Waals surface area contributed by atoms with E-state index in [9.17, 15) is 19.0 Å². The Morgan fingerprint density at radius 1 is 0.404 bits per heavy atom. The average Bonchev–Trinajstić information content (AvgIpc) is 3.54. The van der Waals surface area contributed by atoms with Crippen molar-refractivity contribution in [3.63, 3.8) is 0 Å². The van der Waals surface area contributed by atoms with E-state index in [0.717, 1.165) is 116 Å². The number of nitrogens with zero attached hydrogens (tertiary/aromatic N) is 1. The highest BCUT2D eigenvalue weighted by molar-refractivity contribution is 7.45. The van der Waals surface area contributed by atoms with Crippen LogP contribution in [0.25, 0.3) is 0 Å². The SMILES string of the molecule is CC/C=C\C/C=C\C/C=C\C/C=C\C/C=C\C/C=C\CCCCCCCCC(=O)OC(/C=C/CCCCCCCCCCCCC)C(COP(=O)([O-])OCC[N+](C)(C)C)NC(=O)CCCCCCCCCCCCCCCCC/C=C/CCCCCCCC. The Morgan fingerprint density at radius 2 is 0.719 bits per heavy atom. The topological polar surface area (TPSA) is 114 Å². The lowest BCUT2D eigenvalue weighted by Crippen LogP contribution is -2.47. The fourth-order valence-electron chi connectivity index (χ4n) is 10.8. The van der Waals surface area contributed by atoms with E-state index in [1.165, 1.54) is 186 Å². The molecule has 3 unspecified atom stereocenters. The van der Waals surface area contributed by atoms with Gasteiger partial charge >= 0.3 is 5.97 Å². The number of hydrogen-bond acceptors (Lipinski definition) is 7. The van der Waals surface area contributed by atoms with E-state index in [1.807, 2.05) is 33.3 Å². The maximum Gasteiger partial charge on any atom is 0.306 e. The number of amides is 1. The molecular weight excluding hydrogens is 1120 g/mol. The fraction of sp³-hybridized carbons (Fsp3) is 0.772. The molecule has 0 rings (SSSR count). The summed E-state index contributed by atoms with van der Waals surface area (Å²) in [7, 11) is 1.18. The Morgan fingerprint density at radius 3 is 1.09 bits per heavy atom. The van der Waals surface area contributed by atoms with Crippen molar-refractivity contribution in [2.75, 3.05) is 40.9 Å². The zero-order valence-corrected chi connectivity index (χ0v) is 60.0. The molecule has 0 spiro atoms. The maximum absolute atomic E-state index is 13.6. The lowest BCUT2D eigenvalue weighted by atomic mass is 10.0. The molecule has 0 saturated heterocycles. The van der Waals surface area contributed by atoms with Gasteiger partial charge in [-0.2, -0.15) is 0 Å². The minimum atomic E-state index is -4.72. The number of unbranched alkanes of at least 4 members (excludes halogenated alkanes) is 38. The van der Waals surface area contributed by atoms with Gasteiger partial charge in [-0.1, -0.05) is 317 Å². The maximum atomic E-state index is 13.6. The Hall–Kier alpha value is -3.07. The second-order valence-electron chi connectivity index (χ2n) is 26.4. The highest BCUT2D eigenvalue weighted by Crippen LogP contribution is 2.38. The van der Waals surface area contributed by atoms with Crippen LogP contribution in [0.2, 0.25) is 0 Å². The van der Waals surface area contributed by atoms with Gasteiger partial charge in [-0.15, -0.1) is 0 Å². The Labute approximate surface area is 551 Å². The number of likely N-dealkylation sites (N-methyl/N-ethyl adjacent to an activating group) is 1. The Balaban J connectivity index is 5.08. The number of hydrogen-bond donors (Lipinski definition) is 1. The minimum absolute atomic E-state index is 0.0276. The van der Waals surface area contributed by atoms with Gasteiger partial charge in [0.05, 0.1) is 33.8 Å². The van der Waals surface area contributed by atoms with Crippen molar-refractivity contribution < 1.29 is 37.3 Å². The molecule has 10 heteroatoms. The van der Waals surface area contributed by atoms with Crippen LogP contribution in [0.3, 0.4) is 0 Å². The molecule has 1 N–H and O–H groups in total. The third-order valence-electron chi connectivity index (χ3n) is 16.5. The molecule has 0 heterocycles. The summed E-state index contributed by atoms with van der Waals surface area (Å²) in [5, 5.41) is 3.05. The van der Waals surface area contributed by atoms with Crippen LogP contribution in [-0.2, 0) is 27.9 Å². The van der Waals surface area contributed by atoms with Crippen LogP contribution in [0.5, 0.6) is 0 Å². The molecule has 0 aliphatic heterocycles. The molecule has 0 aromatic rings. The summed E-state index contributed by atoms with van der Waals surface area (Å²) in [5.74, 6) is -0.550. The summed E-state index contributed by atoms with van der Waals surface area (Å²) in [5.41, 5.74) is 0. The summed E-state index contributed by atoms with van der Waals surface area (Å²) in [4.78, 5) is 40.3. The van der Waals surface area contributed by atoms with E-state index in [4.69, 9.17) is 13.8 Å². The van der Waals surface area contributed by atoms with Gasteiger partial charge in [0.2, 0.25) is 5.91 Å². The standard InChI is InChI=1S/C79H143N2O7P/c1-7-10-13-16-19-22-25-28-30-32-34-36-38-40-42-44-46-48-50-53-56-59-62-65-68-71-78(82)80-76(75-87-89(84,85)86-74-73-81(4,5)6)77(70-67-64-61-58-55-52-27-24-21-18-15-12-9-3)88-79(83)72-69-66-63-60-57-54-51-49-47-45-43-41-39-37-35-33-31-29-26-23-20-17-14-11-8-2/h11,14,20,23,28-31,35,37,41,43,47,49,67,70,76-77H,7-10,12-13,15-19,21-22,24-27,32-34,36,38-40,42,44-46,48,50-66,68-69,71-75H2,1-6H3,(H-,80,82,84,85)/b14-11-,23-20-,30-28+,31-29-,37-35-,43-41-,49-47-,70-67+. The quantitative estimate of drug-likeness (QED) is 0.0212. The number of ether oxygens (including phenoxy) is 1. The molecule has 0 aromatic heterocycles. The largest absolute Gasteiger partial charge is 0.756 e. The van der Waals surface area contributed by atoms with Crippen LogP contribution in [0.15, 0.2) is 97.2 Å². The molecular formula is C79H143N2O7P. The number of allylic oxidation sites excluding steroid dienone is 15. The highest BCUT2D eigenvalue weighted by Gasteiger charge is 2.27. The zero-order chi connectivity index (χ0) is 64.9. The molecule has 0 radical (unpaired) electrons. The molecule has 0 aliphatic rings. The summed E-state index contributed by atoms with van der Waals surface area (Å²) < 4.78 is 30.5. The number of carbonyl (C=O) groups is 2. The van der Waals surface area contributed by atoms with Crippen LogP contribution in [0, 0.1) is 0 Å². The molecule has 0 aromatic carbocycles. The van der Waals surface area contributed by atoms with E-state index in [-0.39, 0.29) is 24.9 Å². The van der Waals surface area contributed by atoms with Crippen molar-refractivity contribution in [1.82, 2.24) is 5.32 Å². The van der Waals surface area contributed by atoms with E-state index in [1.54, 1.807) is 0 Å². The van der Waals surface area contributed by atoms with Gasteiger partial charge in [0.15, 0.2) is 0 Å². The number of rotatable bonds is 68. The fourth-order valence-corrected chi connectivity index (χ4v) is 11.5. The normalized spacial score (nSPS) is 14.0. The summed E-state index contributed by atoms with van der Waals surface area (Å²) in [6, 6.07) is -0.901. The first-order chi connectivity index (χ1) is 43.4. The van der Waals surface area contributed by atoms with Crippen molar-refractivity contribution in [2.24, 2.45) is 0 Å². The smallest absolute Gasteiger partial charge is 0.306 e. The molecule has 0 saturated carbocycles. The third-order valence-corrected chi connectivity index (χ3v) is 17.5. The number of phosphoric ester groups is 1. The van der Waals surface area contributed by atoms with E-state index in [0.29, 0.717) is 23.9 Å². The second kappa shape index (κ2) is 67.8. The first kappa shape index (κ1) is 85.9. The number of nitrogens with one attached hydrogen (secondary N) is 1. The Kier molecular flexibility index (Phi) is 65.5. The first-order valence-corrected chi connectivity index (χ1v) is 39.0. The van der Waals surface area contributed by atoms with Gasteiger partial charge in [-0.3, -0.25) is 14.2 Å². The molecule has 0 fully saturated rings. The molecule has 0 bridgehead atoms. The lowest BCUT2D eigenvalue weighted by molar-refractivity contribution is -0.870. The summed E-state index contributed by atoms with van der Waals surface area (Å²) in [6.45, 7) is 6.75. The molecule has 9 nitrogen and oxygen atoms in total. The number of carbonyl (C=O) groups excluding carboxylic acids is 2. The van der Waals surface area contributed by atoms with Gasteiger partial charge in [0.1, 0.15) is 19.3 Å². The van der Waals surface area contributed by atoms with Crippen LogP contribution in [0.1, 0.15) is 342 Å². The third kappa shape index (κ3) is 69.1. The first-order valence-electron chi connectivity index (χ1n) is 37.5. The van der Waals surface area contributed by atoms with Crippen LogP contribution < -0.4 is 10.2 Å². The number of phosphoric acid groups is 1. The average molecular weight is 1260 g/mol. The number of esters is 1. The Bertz CT molecular complexity index is 1840. The van der Waals surface area contributed by atoms with Crippen molar-refractivity contribution in [2.45, 2.75) is 354 Å². The monoisotopic (exact) mass is 1260 g/mol. The van der Waals surface area contributed by atoms with E-state index < -0.39 is 26.6 Å². The van der Waals surface area contributed by atoms with E-state index in [2.05, 4.69) is 111 Å². The molecule has 516 valence electrons. The van der Waals surface area contributed by atoms with Gasteiger partial charge in [0.25, 0.3) is 7.82 Å². The zero-order valence-electron chi connectivity index (χ0n) is 59.1. The summed E-state index contributed by atoms with van der Waals surface area (Å²) in [6.07, 6.45) is 92.5. The van der Waals surface area contributed by atoms with Gasteiger partial charge in [-0.05, 0) is 109 Å². The van der Waals surface area contributed by atoms with Crippen LogP contribution in [-0.4, -0.2) is 69.4 Å². The number of quaternary nitrogens is 1.